The lowest BCUT2D eigenvalue weighted by atomic mass is 10.2. The predicted molar refractivity (Wildman–Crippen MR) is 38.9 cm³/mol. The number of allylic oxidation sites excluding steroid dienone is 4. The minimum absolute atomic E-state index is 0.283. The lowest BCUT2D eigenvalue weighted by Gasteiger charge is -1.90. The Labute approximate surface area is 61.1 Å². The molecule has 0 aromatic rings. The van der Waals surface area contributed by atoms with Crippen LogP contribution in [0.1, 0.15) is 12.8 Å². The Morgan fingerprint density at radius 3 is 3.00 bits per heavy atom. The Morgan fingerprint density at radius 2 is 2.50 bits per heavy atom. The van der Waals surface area contributed by atoms with Crippen molar-refractivity contribution >= 4 is 8.03 Å². The van der Waals surface area contributed by atoms with Crippen molar-refractivity contribution in [3.05, 3.63) is 23.8 Å². The van der Waals surface area contributed by atoms with Crippen molar-refractivity contribution in [1.82, 2.24) is 0 Å². The van der Waals surface area contributed by atoms with Crippen LogP contribution >= 0.6 is 8.03 Å². The third kappa shape index (κ3) is 2.42. The first-order valence-corrected chi connectivity index (χ1v) is 4.62. The second-order valence-corrected chi connectivity index (χ2v) is 3.34. The molecule has 54 valence electrons. The molecule has 0 aliphatic heterocycles. The van der Waals surface area contributed by atoms with E-state index in [0.717, 1.165) is 12.0 Å². The standard InChI is InChI=1S/C7H9O2P/c8-10(9)6-5-7-3-1-2-4-7/h1,3-4H,2,5-6H2. The highest BCUT2D eigenvalue weighted by Gasteiger charge is 2.03. The summed E-state index contributed by atoms with van der Waals surface area (Å²) in [6.07, 6.45) is 8.00. The lowest BCUT2D eigenvalue weighted by Crippen LogP contribution is -1.91. The monoisotopic (exact) mass is 156 g/mol. The third-order valence-electron chi connectivity index (χ3n) is 1.43. The van der Waals surface area contributed by atoms with Crippen LogP contribution in [0.2, 0.25) is 0 Å². The van der Waals surface area contributed by atoms with Crippen molar-refractivity contribution in [3.63, 3.8) is 0 Å². The van der Waals surface area contributed by atoms with Crippen LogP contribution in [0.4, 0.5) is 0 Å². The SMILES string of the molecule is O=[P+]([O-])CCC1=CCC=C1. The summed E-state index contributed by atoms with van der Waals surface area (Å²) >= 11 is 0. The fourth-order valence-corrected chi connectivity index (χ4v) is 1.35. The first-order valence-electron chi connectivity index (χ1n) is 3.26. The second kappa shape index (κ2) is 3.65. The van der Waals surface area contributed by atoms with Gasteiger partial charge >= 0.3 is 8.03 Å². The molecule has 0 bridgehead atoms. The first kappa shape index (κ1) is 7.64. The summed E-state index contributed by atoms with van der Waals surface area (Å²) in [5, 5.41) is 0. The molecule has 0 aromatic heterocycles. The summed E-state index contributed by atoms with van der Waals surface area (Å²) in [5.41, 5.74) is 1.15. The second-order valence-electron chi connectivity index (χ2n) is 2.22. The van der Waals surface area contributed by atoms with Crippen molar-refractivity contribution < 1.29 is 9.46 Å². The van der Waals surface area contributed by atoms with Crippen LogP contribution in [0.5, 0.6) is 0 Å². The average molecular weight is 156 g/mol. The fourth-order valence-electron chi connectivity index (χ4n) is 0.913. The molecule has 1 atom stereocenters. The fraction of sp³-hybridized carbons (Fsp3) is 0.429. The van der Waals surface area contributed by atoms with Crippen LogP contribution in [0.15, 0.2) is 23.8 Å². The smallest absolute Gasteiger partial charge is 0.309 e. The van der Waals surface area contributed by atoms with Crippen LogP contribution in [0, 0.1) is 0 Å². The van der Waals surface area contributed by atoms with Gasteiger partial charge < -0.3 is 4.89 Å². The molecule has 0 saturated heterocycles. The zero-order valence-electron chi connectivity index (χ0n) is 5.62. The molecular formula is C7H9O2P. The van der Waals surface area contributed by atoms with Gasteiger partial charge in [0, 0.05) is 6.42 Å². The Balaban J connectivity index is 2.26. The molecule has 0 fully saturated rings. The van der Waals surface area contributed by atoms with Crippen LogP contribution in [0.25, 0.3) is 0 Å². The Morgan fingerprint density at radius 1 is 1.70 bits per heavy atom. The summed E-state index contributed by atoms with van der Waals surface area (Å²) < 4.78 is 10.1. The number of hydrogen-bond donors (Lipinski definition) is 0. The largest absolute Gasteiger partial charge is 0.596 e. The van der Waals surface area contributed by atoms with E-state index in [2.05, 4.69) is 6.08 Å². The minimum atomic E-state index is -2.19. The van der Waals surface area contributed by atoms with Gasteiger partial charge in [0.15, 0.2) is 0 Å². The quantitative estimate of drug-likeness (QED) is 0.579. The third-order valence-corrected chi connectivity index (χ3v) is 2.02. The van der Waals surface area contributed by atoms with Crippen LogP contribution in [-0.4, -0.2) is 6.16 Å². The van der Waals surface area contributed by atoms with Crippen LogP contribution in [-0.2, 0) is 4.57 Å². The molecule has 1 rings (SSSR count). The van der Waals surface area contributed by atoms with Gasteiger partial charge in [-0.15, -0.1) is 0 Å². The molecular weight excluding hydrogens is 147 g/mol. The number of rotatable bonds is 3. The van der Waals surface area contributed by atoms with Gasteiger partial charge in [0.1, 0.15) is 6.16 Å². The van der Waals surface area contributed by atoms with Crippen LogP contribution in [0.3, 0.4) is 0 Å². The number of hydrogen-bond acceptors (Lipinski definition) is 2. The van der Waals surface area contributed by atoms with Crippen molar-refractivity contribution in [2.45, 2.75) is 12.8 Å². The molecule has 0 N–H and O–H groups in total. The Kier molecular flexibility index (Phi) is 2.79. The van der Waals surface area contributed by atoms with Gasteiger partial charge in [-0.05, 0) is 12.0 Å². The van der Waals surface area contributed by atoms with E-state index in [1.54, 1.807) is 0 Å². The molecule has 10 heavy (non-hydrogen) atoms. The molecule has 0 heterocycles. The molecule has 0 radical (unpaired) electrons. The zero-order valence-corrected chi connectivity index (χ0v) is 6.51. The first-order chi connectivity index (χ1) is 4.79. The van der Waals surface area contributed by atoms with Gasteiger partial charge in [0.25, 0.3) is 0 Å². The van der Waals surface area contributed by atoms with E-state index in [1.807, 2.05) is 12.2 Å². The van der Waals surface area contributed by atoms with Gasteiger partial charge in [0.2, 0.25) is 0 Å². The van der Waals surface area contributed by atoms with E-state index >= 15 is 0 Å². The molecule has 1 unspecified atom stereocenters. The zero-order chi connectivity index (χ0) is 7.40. The maximum absolute atomic E-state index is 10.1. The van der Waals surface area contributed by atoms with E-state index < -0.39 is 8.03 Å². The summed E-state index contributed by atoms with van der Waals surface area (Å²) in [6, 6.07) is 0. The molecule has 3 heteroatoms. The van der Waals surface area contributed by atoms with Crippen molar-refractivity contribution in [1.29, 1.82) is 0 Å². The van der Waals surface area contributed by atoms with Crippen LogP contribution < -0.4 is 4.89 Å². The van der Waals surface area contributed by atoms with E-state index in [4.69, 9.17) is 0 Å². The van der Waals surface area contributed by atoms with Gasteiger partial charge in [-0.3, -0.25) is 0 Å². The highest BCUT2D eigenvalue weighted by molar-refractivity contribution is 7.36. The van der Waals surface area contributed by atoms with Gasteiger partial charge in [0.05, 0.1) is 0 Å². The maximum atomic E-state index is 10.1. The molecule has 1 aliphatic rings. The molecule has 0 saturated carbocycles. The minimum Gasteiger partial charge on any atom is -0.596 e. The van der Waals surface area contributed by atoms with Crippen molar-refractivity contribution in [2.75, 3.05) is 6.16 Å². The lowest BCUT2D eigenvalue weighted by molar-refractivity contribution is -0.164. The topological polar surface area (TPSA) is 40.1 Å². The van der Waals surface area contributed by atoms with E-state index in [-0.39, 0.29) is 6.16 Å². The summed E-state index contributed by atoms with van der Waals surface area (Å²) in [7, 11) is -2.19. The van der Waals surface area contributed by atoms with Gasteiger partial charge in [-0.2, -0.15) is 0 Å². The Hall–Kier alpha value is -0.460. The molecule has 1 aliphatic carbocycles. The maximum Gasteiger partial charge on any atom is 0.309 e. The molecule has 0 amide bonds. The highest BCUT2D eigenvalue weighted by Crippen LogP contribution is 2.18. The van der Waals surface area contributed by atoms with E-state index in [1.165, 1.54) is 0 Å². The predicted octanol–water partition coefficient (Wildman–Crippen LogP) is 1.37. The summed E-state index contributed by atoms with van der Waals surface area (Å²) in [6.45, 7) is 0. The highest BCUT2D eigenvalue weighted by atomic mass is 31.1. The summed E-state index contributed by atoms with van der Waals surface area (Å²) in [4.78, 5) is 10.1. The average Bonchev–Trinajstić information content (AvgIpc) is 2.34. The van der Waals surface area contributed by atoms with Gasteiger partial charge in [-0.25, -0.2) is 0 Å². The van der Waals surface area contributed by atoms with Crippen molar-refractivity contribution in [2.24, 2.45) is 0 Å². The molecule has 0 aromatic carbocycles. The van der Waals surface area contributed by atoms with Crippen molar-refractivity contribution in [3.8, 4) is 0 Å². The molecule has 2 nitrogen and oxygen atoms in total. The Bertz CT molecular complexity index is 194. The summed E-state index contributed by atoms with van der Waals surface area (Å²) in [5.74, 6) is 0. The van der Waals surface area contributed by atoms with Gasteiger partial charge in [-0.1, -0.05) is 22.8 Å². The normalized spacial score (nSPS) is 17.3. The molecule has 0 spiro atoms. The van der Waals surface area contributed by atoms with E-state index in [0.29, 0.717) is 6.42 Å². The van der Waals surface area contributed by atoms with E-state index in [9.17, 15) is 9.46 Å².